The van der Waals surface area contributed by atoms with Crippen molar-refractivity contribution in [1.82, 2.24) is 9.88 Å². The number of carbonyl (C=O) groups excluding carboxylic acids is 2. The van der Waals surface area contributed by atoms with Crippen molar-refractivity contribution in [2.24, 2.45) is 0 Å². The van der Waals surface area contributed by atoms with E-state index in [2.05, 4.69) is 20.9 Å². The van der Waals surface area contributed by atoms with Crippen molar-refractivity contribution in [3.8, 4) is 0 Å². The topological polar surface area (TPSA) is 50.0 Å². The Hall–Kier alpha value is -1.49. The molecule has 3 rings (SSSR count). The van der Waals surface area contributed by atoms with E-state index in [4.69, 9.17) is 0 Å². The third kappa shape index (κ3) is 1.45. The highest BCUT2D eigenvalue weighted by Crippen LogP contribution is 2.35. The maximum atomic E-state index is 12.3. The van der Waals surface area contributed by atoms with Crippen molar-refractivity contribution in [1.29, 1.82) is 0 Å². The highest BCUT2D eigenvalue weighted by atomic mass is 79.9. The fourth-order valence-corrected chi connectivity index (χ4v) is 2.61. The van der Waals surface area contributed by atoms with Gasteiger partial charge in [-0.3, -0.25) is 14.6 Å². The summed E-state index contributed by atoms with van der Waals surface area (Å²) in [5.74, 6) is -0.335. The van der Waals surface area contributed by atoms with E-state index in [1.807, 2.05) is 11.8 Å². The van der Waals surface area contributed by atoms with Crippen LogP contribution in [0, 0.1) is 0 Å². The molecular weight excluding hydrogens is 284 g/mol. The SMILES string of the molecule is CC1CN1C1=C(Br)C(=O)c2ncccc2C1=O. The van der Waals surface area contributed by atoms with Crippen molar-refractivity contribution >= 4 is 27.5 Å². The molecule has 86 valence electrons. The fraction of sp³-hybridized carbons (Fsp3) is 0.250. The number of Topliss-reactive ketones (excluding diaryl/α,β-unsaturated/α-hetero) is 2. The summed E-state index contributed by atoms with van der Waals surface area (Å²) < 4.78 is 0.332. The van der Waals surface area contributed by atoms with Crippen LogP contribution in [0.1, 0.15) is 27.8 Å². The number of halogens is 1. The van der Waals surface area contributed by atoms with Gasteiger partial charge in [0.05, 0.1) is 10.0 Å². The van der Waals surface area contributed by atoms with Gasteiger partial charge in [-0.25, -0.2) is 0 Å². The second kappa shape index (κ2) is 3.50. The minimum atomic E-state index is -0.214. The van der Waals surface area contributed by atoms with Crippen molar-refractivity contribution in [2.45, 2.75) is 13.0 Å². The van der Waals surface area contributed by atoms with Crippen LogP contribution in [0.25, 0.3) is 0 Å². The number of ketones is 2. The van der Waals surface area contributed by atoms with Crippen LogP contribution in [-0.4, -0.2) is 34.0 Å². The molecule has 2 heterocycles. The molecule has 1 atom stereocenters. The Bertz CT molecular complexity index is 580. The third-order valence-electron chi connectivity index (χ3n) is 3.04. The van der Waals surface area contributed by atoms with Gasteiger partial charge < -0.3 is 4.90 Å². The monoisotopic (exact) mass is 292 g/mol. The predicted molar refractivity (Wildman–Crippen MR) is 65.0 cm³/mol. The summed E-state index contributed by atoms with van der Waals surface area (Å²) in [6.45, 7) is 2.84. The van der Waals surface area contributed by atoms with Crippen molar-refractivity contribution in [3.63, 3.8) is 0 Å². The molecule has 0 aromatic carbocycles. The highest BCUT2D eigenvalue weighted by Gasteiger charge is 2.42. The molecule has 0 bridgehead atoms. The van der Waals surface area contributed by atoms with Crippen molar-refractivity contribution in [3.05, 3.63) is 39.8 Å². The van der Waals surface area contributed by atoms with Crippen molar-refractivity contribution in [2.75, 3.05) is 6.54 Å². The standard InChI is InChI=1S/C12H9BrN2O2/c1-6-5-15(6)10-8(13)12(17)9-7(11(10)16)3-2-4-14-9/h2-4,6H,5H2,1H3. The number of aromatic nitrogens is 1. The van der Waals surface area contributed by atoms with Gasteiger partial charge in [-0.15, -0.1) is 0 Å². The zero-order valence-corrected chi connectivity index (χ0v) is 10.7. The first-order chi connectivity index (χ1) is 8.11. The van der Waals surface area contributed by atoms with Crippen LogP contribution in [0.3, 0.4) is 0 Å². The highest BCUT2D eigenvalue weighted by molar-refractivity contribution is 9.12. The summed E-state index contributed by atoms with van der Waals surface area (Å²) in [7, 11) is 0. The van der Waals surface area contributed by atoms with Crippen LogP contribution in [0.2, 0.25) is 0 Å². The Balaban J connectivity index is 2.16. The Morgan fingerprint density at radius 3 is 2.76 bits per heavy atom. The lowest BCUT2D eigenvalue weighted by Crippen LogP contribution is -2.25. The normalized spacial score (nSPS) is 22.9. The van der Waals surface area contributed by atoms with E-state index in [9.17, 15) is 9.59 Å². The minimum absolute atomic E-state index is 0.121. The van der Waals surface area contributed by atoms with Crippen molar-refractivity contribution < 1.29 is 9.59 Å². The maximum absolute atomic E-state index is 12.3. The number of hydrogen-bond acceptors (Lipinski definition) is 4. The lowest BCUT2D eigenvalue weighted by Gasteiger charge is -2.18. The van der Waals surface area contributed by atoms with Gasteiger partial charge in [-0.2, -0.15) is 0 Å². The van der Waals surface area contributed by atoms with Gasteiger partial charge in [0.15, 0.2) is 0 Å². The lowest BCUT2D eigenvalue weighted by atomic mass is 9.97. The third-order valence-corrected chi connectivity index (χ3v) is 3.77. The number of carbonyl (C=O) groups is 2. The molecule has 5 heteroatoms. The molecule has 0 N–H and O–H groups in total. The van der Waals surface area contributed by atoms with Gasteiger partial charge in [0.2, 0.25) is 11.6 Å². The van der Waals surface area contributed by atoms with E-state index >= 15 is 0 Å². The summed E-state index contributed by atoms with van der Waals surface area (Å²) in [4.78, 5) is 30.2. The number of hydrogen-bond donors (Lipinski definition) is 0. The summed E-state index contributed by atoms with van der Waals surface area (Å²) in [5.41, 5.74) is 1.11. The van der Waals surface area contributed by atoms with Crippen LogP contribution >= 0.6 is 15.9 Å². The predicted octanol–water partition coefficient (Wildman–Crippen LogP) is 1.77. The Morgan fingerprint density at radius 1 is 1.41 bits per heavy atom. The van der Waals surface area contributed by atoms with Gasteiger partial charge >= 0.3 is 0 Å². The molecule has 0 radical (unpaired) electrons. The molecule has 17 heavy (non-hydrogen) atoms. The second-order valence-corrected chi connectivity index (χ2v) is 5.01. The minimum Gasteiger partial charge on any atom is -0.361 e. The molecule has 1 fully saturated rings. The number of nitrogens with zero attached hydrogens (tertiary/aromatic N) is 2. The summed E-state index contributed by atoms with van der Waals surface area (Å²) in [5, 5.41) is 0. The molecule has 1 aromatic heterocycles. The molecule has 0 saturated carbocycles. The van der Waals surface area contributed by atoms with Gasteiger partial charge in [0.25, 0.3) is 0 Å². The Morgan fingerprint density at radius 2 is 2.12 bits per heavy atom. The molecule has 2 aliphatic rings. The van der Waals surface area contributed by atoms with E-state index in [0.29, 0.717) is 21.8 Å². The molecular formula is C12H9BrN2O2. The Kier molecular flexibility index (Phi) is 2.19. The van der Waals surface area contributed by atoms with E-state index in [1.54, 1.807) is 12.1 Å². The molecule has 1 aromatic rings. The quantitative estimate of drug-likeness (QED) is 0.740. The number of pyridine rings is 1. The van der Waals surface area contributed by atoms with Crippen LogP contribution in [0.5, 0.6) is 0 Å². The molecule has 0 amide bonds. The van der Waals surface area contributed by atoms with Crippen LogP contribution < -0.4 is 0 Å². The summed E-state index contributed by atoms with van der Waals surface area (Å²) in [6.07, 6.45) is 1.52. The zero-order chi connectivity index (χ0) is 12.2. The Labute approximate surface area is 106 Å². The molecule has 0 spiro atoms. The van der Waals surface area contributed by atoms with E-state index < -0.39 is 0 Å². The maximum Gasteiger partial charge on any atom is 0.221 e. The average Bonchev–Trinajstić information content (AvgIpc) is 3.04. The average molecular weight is 293 g/mol. The zero-order valence-electron chi connectivity index (χ0n) is 9.11. The van der Waals surface area contributed by atoms with E-state index in [0.717, 1.165) is 6.54 Å². The summed E-state index contributed by atoms with van der Waals surface area (Å²) >= 11 is 3.23. The van der Waals surface area contributed by atoms with Crippen LogP contribution in [-0.2, 0) is 0 Å². The summed E-state index contributed by atoms with van der Waals surface area (Å²) in [6, 6.07) is 3.65. The second-order valence-electron chi connectivity index (χ2n) is 4.22. The fourth-order valence-electron chi connectivity index (χ4n) is 2.01. The van der Waals surface area contributed by atoms with Gasteiger partial charge in [-0.05, 0) is 35.0 Å². The van der Waals surface area contributed by atoms with Crippen LogP contribution in [0.15, 0.2) is 28.5 Å². The molecule has 1 aliphatic carbocycles. The molecule has 1 unspecified atom stereocenters. The van der Waals surface area contributed by atoms with E-state index in [-0.39, 0.29) is 17.3 Å². The molecule has 4 nitrogen and oxygen atoms in total. The van der Waals surface area contributed by atoms with Gasteiger partial charge in [0.1, 0.15) is 11.4 Å². The molecule has 1 aliphatic heterocycles. The number of rotatable bonds is 1. The van der Waals surface area contributed by atoms with Gasteiger partial charge in [0, 0.05) is 18.8 Å². The lowest BCUT2D eigenvalue weighted by molar-refractivity contribution is 0.0963. The number of fused-ring (bicyclic) bond motifs is 1. The first-order valence-electron chi connectivity index (χ1n) is 5.32. The first kappa shape index (κ1) is 10.7. The smallest absolute Gasteiger partial charge is 0.221 e. The first-order valence-corrected chi connectivity index (χ1v) is 6.11. The largest absolute Gasteiger partial charge is 0.361 e. The van der Waals surface area contributed by atoms with E-state index in [1.165, 1.54) is 6.20 Å². The van der Waals surface area contributed by atoms with Gasteiger partial charge in [-0.1, -0.05) is 0 Å². The number of allylic oxidation sites excluding steroid dienone is 2. The van der Waals surface area contributed by atoms with Crippen LogP contribution in [0.4, 0.5) is 0 Å². The molecule has 1 saturated heterocycles.